The van der Waals surface area contributed by atoms with Gasteiger partial charge in [0.2, 0.25) is 11.7 Å². The van der Waals surface area contributed by atoms with E-state index in [2.05, 4.69) is 5.32 Å². The molecule has 0 atom stereocenters. The monoisotopic (exact) mass is 151 g/mol. The molecule has 3 heteroatoms. The number of ketones is 1. The molecule has 58 valence electrons. The SMILES string of the molecule is CC(=O)NC1=CCC=CC1=O. The maximum absolute atomic E-state index is 11.0. The normalized spacial score (nSPS) is 16.1. The van der Waals surface area contributed by atoms with Gasteiger partial charge in [0.05, 0.1) is 5.70 Å². The maximum Gasteiger partial charge on any atom is 0.221 e. The molecule has 0 aromatic heterocycles. The molecule has 0 fully saturated rings. The third kappa shape index (κ3) is 2.04. The van der Waals surface area contributed by atoms with E-state index in [0.717, 1.165) is 0 Å². The highest BCUT2D eigenvalue weighted by Gasteiger charge is 2.08. The predicted molar refractivity (Wildman–Crippen MR) is 40.7 cm³/mol. The Morgan fingerprint density at radius 1 is 1.64 bits per heavy atom. The van der Waals surface area contributed by atoms with Crippen LogP contribution in [0.3, 0.4) is 0 Å². The van der Waals surface area contributed by atoms with Gasteiger partial charge in [0, 0.05) is 6.92 Å². The highest BCUT2D eigenvalue weighted by Crippen LogP contribution is 2.03. The first-order chi connectivity index (χ1) is 5.20. The van der Waals surface area contributed by atoms with E-state index in [4.69, 9.17) is 0 Å². The minimum Gasteiger partial charge on any atom is -0.323 e. The van der Waals surface area contributed by atoms with Crippen LogP contribution in [0.2, 0.25) is 0 Å². The Morgan fingerprint density at radius 2 is 2.36 bits per heavy atom. The van der Waals surface area contributed by atoms with Gasteiger partial charge in [-0.2, -0.15) is 0 Å². The molecule has 3 nitrogen and oxygen atoms in total. The second kappa shape index (κ2) is 3.14. The molecule has 0 saturated heterocycles. The van der Waals surface area contributed by atoms with Gasteiger partial charge in [-0.15, -0.1) is 0 Å². The zero-order valence-electron chi connectivity index (χ0n) is 6.26. The number of hydrogen-bond donors (Lipinski definition) is 1. The Labute approximate surface area is 64.8 Å². The molecule has 1 rings (SSSR count). The fourth-order valence-electron chi connectivity index (χ4n) is 0.854. The van der Waals surface area contributed by atoms with Gasteiger partial charge in [-0.3, -0.25) is 9.59 Å². The second-order valence-electron chi connectivity index (χ2n) is 2.30. The van der Waals surface area contributed by atoms with Crippen molar-refractivity contribution in [1.29, 1.82) is 0 Å². The molecule has 1 aliphatic carbocycles. The molecule has 0 spiro atoms. The summed E-state index contributed by atoms with van der Waals surface area (Å²) < 4.78 is 0. The summed E-state index contributed by atoms with van der Waals surface area (Å²) in [6.07, 6.45) is 5.63. The lowest BCUT2D eigenvalue weighted by Crippen LogP contribution is -2.24. The number of carbonyl (C=O) groups excluding carboxylic acids is 2. The smallest absolute Gasteiger partial charge is 0.221 e. The summed E-state index contributed by atoms with van der Waals surface area (Å²) in [6, 6.07) is 0. The number of hydrogen-bond acceptors (Lipinski definition) is 2. The largest absolute Gasteiger partial charge is 0.323 e. The van der Waals surface area contributed by atoms with E-state index in [1.807, 2.05) is 0 Å². The van der Waals surface area contributed by atoms with Gasteiger partial charge in [0.15, 0.2) is 0 Å². The fraction of sp³-hybridized carbons (Fsp3) is 0.250. The fourth-order valence-corrected chi connectivity index (χ4v) is 0.854. The number of allylic oxidation sites excluding steroid dienone is 3. The lowest BCUT2D eigenvalue weighted by atomic mass is 10.1. The lowest BCUT2D eigenvalue weighted by Gasteiger charge is -2.06. The number of amides is 1. The first-order valence-electron chi connectivity index (χ1n) is 3.39. The molecule has 0 aromatic rings. The summed E-state index contributed by atoms with van der Waals surface area (Å²) in [4.78, 5) is 21.5. The van der Waals surface area contributed by atoms with Crippen molar-refractivity contribution in [2.75, 3.05) is 0 Å². The van der Waals surface area contributed by atoms with Crippen LogP contribution in [0.5, 0.6) is 0 Å². The van der Waals surface area contributed by atoms with Gasteiger partial charge < -0.3 is 5.32 Å². The lowest BCUT2D eigenvalue weighted by molar-refractivity contribution is -0.120. The van der Waals surface area contributed by atoms with Gasteiger partial charge in [0.25, 0.3) is 0 Å². The summed E-state index contributed by atoms with van der Waals surface area (Å²) in [5.41, 5.74) is 0.389. The summed E-state index contributed by atoms with van der Waals surface area (Å²) in [5, 5.41) is 2.45. The minimum absolute atomic E-state index is 0.133. The topological polar surface area (TPSA) is 46.2 Å². The molecule has 0 saturated carbocycles. The van der Waals surface area contributed by atoms with Crippen molar-refractivity contribution in [2.24, 2.45) is 0 Å². The van der Waals surface area contributed by atoms with Crippen molar-refractivity contribution >= 4 is 11.7 Å². The molecule has 11 heavy (non-hydrogen) atoms. The third-order valence-corrected chi connectivity index (χ3v) is 1.30. The van der Waals surface area contributed by atoms with Crippen LogP contribution in [0.15, 0.2) is 23.9 Å². The summed E-state index contributed by atoms with van der Waals surface area (Å²) in [5.74, 6) is -0.341. The van der Waals surface area contributed by atoms with E-state index in [1.165, 1.54) is 13.0 Å². The van der Waals surface area contributed by atoms with E-state index >= 15 is 0 Å². The van der Waals surface area contributed by atoms with Crippen LogP contribution < -0.4 is 5.32 Å². The number of carbonyl (C=O) groups is 2. The zero-order chi connectivity index (χ0) is 8.27. The Hall–Kier alpha value is -1.38. The molecule has 0 bridgehead atoms. The quantitative estimate of drug-likeness (QED) is 0.594. The first-order valence-corrected chi connectivity index (χ1v) is 3.39. The second-order valence-corrected chi connectivity index (χ2v) is 2.30. The van der Waals surface area contributed by atoms with E-state index < -0.39 is 0 Å². The van der Waals surface area contributed by atoms with Crippen molar-refractivity contribution in [2.45, 2.75) is 13.3 Å². The first kappa shape index (κ1) is 7.72. The van der Waals surface area contributed by atoms with E-state index in [1.54, 1.807) is 12.2 Å². The highest BCUT2D eigenvalue weighted by atomic mass is 16.2. The number of nitrogens with one attached hydrogen (secondary N) is 1. The van der Waals surface area contributed by atoms with Crippen LogP contribution in [0.1, 0.15) is 13.3 Å². The van der Waals surface area contributed by atoms with Crippen LogP contribution in [0, 0.1) is 0 Å². The molecular formula is C8H9NO2. The Bertz CT molecular complexity index is 251. The highest BCUT2D eigenvalue weighted by molar-refractivity contribution is 6.06. The predicted octanol–water partition coefficient (Wildman–Crippen LogP) is 0.535. The molecule has 0 heterocycles. The molecule has 0 aromatic carbocycles. The molecule has 1 N–H and O–H groups in total. The number of rotatable bonds is 1. The Kier molecular flexibility index (Phi) is 2.21. The average Bonchev–Trinajstić information content (AvgIpc) is 1.93. The average molecular weight is 151 g/mol. The molecule has 0 aliphatic heterocycles. The van der Waals surface area contributed by atoms with Crippen LogP contribution >= 0.6 is 0 Å². The van der Waals surface area contributed by atoms with Gasteiger partial charge in [-0.25, -0.2) is 0 Å². The maximum atomic E-state index is 11.0. The van der Waals surface area contributed by atoms with Gasteiger partial charge in [-0.05, 0) is 12.5 Å². The molecule has 0 unspecified atom stereocenters. The molecular weight excluding hydrogens is 142 g/mol. The Morgan fingerprint density at radius 3 is 2.91 bits per heavy atom. The minimum atomic E-state index is -0.208. The van der Waals surface area contributed by atoms with Crippen LogP contribution in [0.4, 0.5) is 0 Å². The van der Waals surface area contributed by atoms with Crippen molar-refractivity contribution in [3.05, 3.63) is 23.9 Å². The van der Waals surface area contributed by atoms with E-state index in [9.17, 15) is 9.59 Å². The van der Waals surface area contributed by atoms with Gasteiger partial charge in [-0.1, -0.05) is 12.2 Å². The molecule has 1 amide bonds. The van der Waals surface area contributed by atoms with Crippen LogP contribution in [0.25, 0.3) is 0 Å². The summed E-state index contributed by atoms with van der Waals surface area (Å²) >= 11 is 0. The van der Waals surface area contributed by atoms with Crippen molar-refractivity contribution in [3.8, 4) is 0 Å². The van der Waals surface area contributed by atoms with Crippen LogP contribution in [-0.4, -0.2) is 11.7 Å². The third-order valence-electron chi connectivity index (χ3n) is 1.30. The van der Waals surface area contributed by atoms with Crippen molar-refractivity contribution in [1.82, 2.24) is 5.32 Å². The standard InChI is InChI=1S/C8H9NO2/c1-6(10)9-7-4-2-3-5-8(7)11/h3-5H,2H2,1H3,(H,9,10). The van der Waals surface area contributed by atoms with Gasteiger partial charge >= 0.3 is 0 Å². The van der Waals surface area contributed by atoms with Crippen LogP contribution in [-0.2, 0) is 9.59 Å². The van der Waals surface area contributed by atoms with Crippen molar-refractivity contribution < 1.29 is 9.59 Å². The van der Waals surface area contributed by atoms with Gasteiger partial charge in [0.1, 0.15) is 0 Å². The van der Waals surface area contributed by atoms with E-state index in [0.29, 0.717) is 12.1 Å². The summed E-state index contributed by atoms with van der Waals surface area (Å²) in [6.45, 7) is 1.38. The van der Waals surface area contributed by atoms with Crippen molar-refractivity contribution in [3.63, 3.8) is 0 Å². The van der Waals surface area contributed by atoms with E-state index in [-0.39, 0.29) is 11.7 Å². The molecule has 0 radical (unpaired) electrons. The Balaban J connectivity index is 2.64. The summed E-state index contributed by atoms with van der Waals surface area (Å²) in [7, 11) is 0. The zero-order valence-corrected chi connectivity index (χ0v) is 6.26. The molecule has 1 aliphatic rings.